The van der Waals surface area contributed by atoms with Gasteiger partial charge in [0.25, 0.3) is 0 Å². The van der Waals surface area contributed by atoms with Crippen molar-refractivity contribution in [1.29, 1.82) is 0 Å². The topological polar surface area (TPSA) is 38.5 Å². The first-order valence-corrected chi connectivity index (χ1v) is 7.85. The van der Waals surface area contributed by atoms with E-state index in [9.17, 15) is 0 Å². The monoisotopic (exact) mass is 276 g/mol. The quantitative estimate of drug-likeness (QED) is 0.868. The summed E-state index contributed by atoms with van der Waals surface area (Å²) in [5.74, 6) is 0. The fraction of sp³-hybridized carbons (Fsp3) is 0.647. The molecule has 1 heterocycles. The molecular formula is C17H28N2O. The van der Waals surface area contributed by atoms with Crippen molar-refractivity contribution in [1.82, 2.24) is 4.90 Å². The molecule has 112 valence electrons. The Balaban J connectivity index is 1.87. The number of aryl methyl sites for hydroxylation is 1. The molecule has 3 nitrogen and oxygen atoms in total. The van der Waals surface area contributed by atoms with Gasteiger partial charge in [-0.3, -0.25) is 4.90 Å². The molecule has 1 aliphatic rings. The van der Waals surface area contributed by atoms with Gasteiger partial charge in [-0.1, -0.05) is 31.2 Å². The molecule has 0 saturated carbocycles. The number of hydrogen-bond donors (Lipinski definition) is 1. The van der Waals surface area contributed by atoms with Crippen molar-refractivity contribution in [3.63, 3.8) is 0 Å². The van der Waals surface area contributed by atoms with Crippen LogP contribution in [0.1, 0.15) is 43.4 Å². The van der Waals surface area contributed by atoms with Crippen LogP contribution in [-0.2, 0) is 4.74 Å². The first-order chi connectivity index (χ1) is 9.70. The molecule has 2 unspecified atom stereocenters. The Morgan fingerprint density at radius 1 is 1.40 bits per heavy atom. The molecule has 2 atom stereocenters. The minimum absolute atomic E-state index is 0.0983. The minimum atomic E-state index is 0.0983. The second kappa shape index (κ2) is 7.77. The Bertz CT molecular complexity index is 408. The predicted octanol–water partition coefficient (Wildman–Crippen LogP) is 2.89. The fourth-order valence-electron chi connectivity index (χ4n) is 2.98. The molecule has 1 fully saturated rings. The van der Waals surface area contributed by atoms with E-state index in [-0.39, 0.29) is 6.04 Å². The molecule has 2 N–H and O–H groups in total. The van der Waals surface area contributed by atoms with Gasteiger partial charge in [-0.15, -0.1) is 0 Å². The summed E-state index contributed by atoms with van der Waals surface area (Å²) < 4.78 is 5.89. The summed E-state index contributed by atoms with van der Waals surface area (Å²) in [6.45, 7) is 8.28. The van der Waals surface area contributed by atoms with E-state index in [0.29, 0.717) is 6.10 Å². The van der Waals surface area contributed by atoms with Crippen LogP contribution in [0.5, 0.6) is 0 Å². The van der Waals surface area contributed by atoms with Crippen molar-refractivity contribution < 1.29 is 4.74 Å². The molecule has 20 heavy (non-hydrogen) atoms. The molecule has 0 bridgehead atoms. The van der Waals surface area contributed by atoms with Gasteiger partial charge < -0.3 is 10.5 Å². The molecule has 1 aliphatic heterocycles. The van der Waals surface area contributed by atoms with Crippen molar-refractivity contribution in [2.45, 2.75) is 45.3 Å². The van der Waals surface area contributed by atoms with Crippen LogP contribution in [0.15, 0.2) is 24.3 Å². The molecule has 0 aromatic heterocycles. The van der Waals surface area contributed by atoms with Crippen LogP contribution in [-0.4, -0.2) is 37.2 Å². The molecular weight excluding hydrogens is 248 g/mol. The Morgan fingerprint density at radius 3 is 2.95 bits per heavy atom. The lowest BCUT2D eigenvalue weighted by Crippen LogP contribution is -2.43. The standard InChI is InChI=1S/C17H28N2O/c1-3-11-20-15-8-6-10-19(12-15)13-17(18)16-9-5-4-7-14(16)2/h4-5,7,9,15,17H,3,6,8,10-13,18H2,1-2H3. The van der Waals surface area contributed by atoms with Gasteiger partial charge in [-0.25, -0.2) is 0 Å². The average molecular weight is 276 g/mol. The lowest BCUT2D eigenvalue weighted by molar-refractivity contribution is -0.00139. The summed E-state index contributed by atoms with van der Waals surface area (Å²) >= 11 is 0. The van der Waals surface area contributed by atoms with Gasteiger partial charge in [-0.05, 0) is 43.9 Å². The molecule has 0 amide bonds. The maximum absolute atomic E-state index is 6.39. The van der Waals surface area contributed by atoms with Crippen molar-refractivity contribution in [3.8, 4) is 0 Å². The molecule has 3 heteroatoms. The summed E-state index contributed by atoms with van der Waals surface area (Å²) in [4.78, 5) is 2.46. The highest BCUT2D eigenvalue weighted by atomic mass is 16.5. The molecule has 2 rings (SSSR count). The average Bonchev–Trinajstić information content (AvgIpc) is 2.46. The van der Waals surface area contributed by atoms with Gasteiger partial charge in [-0.2, -0.15) is 0 Å². The third-order valence-electron chi connectivity index (χ3n) is 4.06. The Morgan fingerprint density at radius 2 is 2.20 bits per heavy atom. The smallest absolute Gasteiger partial charge is 0.0702 e. The Hall–Kier alpha value is -0.900. The highest BCUT2D eigenvalue weighted by Crippen LogP contribution is 2.19. The normalized spacial score (nSPS) is 21.9. The molecule has 0 spiro atoms. The van der Waals surface area contributed by atoms with Gasteiger partial charge >= 0.3 is 0 Å². The van der Waals surface area contributed by atoms with E-state index < -0.39 is 0 Å². The minimum Gasteiger partial charge on any atom is -0.377 e. The van der Waals surface area contributed by atoms with E-state index in [1.54, 1.807) is 0 Å². The van der Waals surface area contributed by atoms with Gasteiger partial charge in [0, 0.05) is 25.7 Å². The summed E-state index contributed by atoms with van der Waals surface area (Å²) in [7, 11) is 0. The number of hydrogen-bond acceptors (Lipinski definition) is 3. The number of benzene rings is 1. The van der Waals surface area contributed by atoms with Crippen molar-refractivity contribution in [3.05, 3.63) is 35.4 Å². The van der Waals surface area contributed by atoms with Crippen molar-refractivity contribution in [2.24, 2.45) is 5.73 Å². The Labute approximate surface area is 123 Å². The van der Waals surface area contributed by atoms with Crippen LogP contribution in [0.2, 0.25) is 0 Å². The predicted molar refractivity (Wildman–Crippen MR) is 83.8 cm³/mol. The fourth-order valence-corrected chi connectivity index (χ4v) is 2.98. The summed E-state index contributed by atoms with van der Waals surface area (Å²) in [5.41, 5.74) is 8.95. The first kappa shape index (κ1) is 15.5. The second-order valence-corrected chi connectivity index (χ2v) is 5.86. The molecule has 1 aromatic rings. The van der Waals surface area contributed by atoms with Crippen molar-refractivity contribution in [2.75, 3.05) is 26.2 Å². The third-order valence-corrected chi connectivity index (χ3v) is 4.06. The molecule has 0 radical (unpaired) electrons. The van der Waals surface area contributed by atoms with E-state index in [4.69, 9.17) is 10.5 Å². The zero-order valence-electron chi connectivity index (χ0n) is 12.8. The van der Waals surface area contributed by atoms with E-state index in [1.165, 1.54) is 24.0 Å². The van der Waals surface area contributed by atoms with Crippen LogP contribution < -0.4 is 5.73 Å². The van der Waals surface area contributed by atoms with Crippen LogP contribution in [0.4, 0.5) is 0 Å². The summed E-state index contributed by atoms with van der Waals surface area (Å²) in [6.07, 6.45) is 3.90. The maximum Gasteiger partial charge on any atom is 0.0702 e. The van der Waals surface area contributed by atoms with E-state index >= 15 is 0 Å². The van der Waals surface area contributed by atoms with Gasteiger partial charge in [0.2, 0.25) is 0 Å². The molecule has 1 saturated heterocycles. The number of piperidine rings is 1. The second-order valence-electron chi connectivity index (χ2n) is 5.86. The highest BCUT2D eigenvalue weighted by Gasteiger charge is 2.22. The van der Waals surface area contributed by atoms with Crippen LogP contribution >= 0.6 is 0 Å². The zero-order chi connectivity index (χ0) is 14.4. The van der Waals surface area contributed by atoms with Gasteiger partial charge in [0.15, 0.2) is 0 Å². The SMILES string of the molecule is CCCOC1CCCN(CC(N)c2ccccc2C)C1. The zero-order valence-corrected chi connectivity index (χ0v) is 12.8. The largest absolute Gasteiger partial charge is 0.377 e. The summed E-state index contributed by atoms with van der Waals surface area (Å²) in [5, 5.41) is 0. The van der Waals surface area contributed by atoms with Gasteiger partial charge in [0.1, 0.15) is 0 Å². The highest BCUT2D eigenvalue weighted by molar-refractivity contribution is 5.28. The number of nitrogens with two attached hydrogens (primary N) is 1. The lowest BCUT2D eigenvalue weighted by atomic mass is 10.0. The first-order valence-electron chi connectivity index (χ1n) is 7.85. The van der Waals surface area contributed by atoms with E-state index in [0.717, 1.165) is 32.7 Å². The van der Waals surface area contributed by atoms with E-state index in [1.807, 2.05) is 0 Å². The molecule has 0 aliphatic carbocycles. The van der Waals surface area contributed by atoms with Gasteiger partial charge in [0.05, 0.1) is 6.10 Å². The van der Waals surface area contributed by atoms with Crippen molar-refractivity contribution >= 4 is 0 Å². The number of nitrogens with zero attached hydrogens (tertiary/aromatic N) is 1. The van der Waals surface area contributed by atoms with E-state index in [2.05, 4.69) is 43.0 Å². The number of rotatable bonds is 6. The maximum atomic E-state index is 6.39. The third kappa shape index (κ3) is 4.30. The lowest BCUT2D eigenvalue weighted by Gasteiger charge is -2.34. The van der Waals surface area contributed by atoms with Crippen LogP contribution in [0, 0.1) is 6.92 Å². The van der Waals surface area contributed by atoms with Crippen LogP contribution in [0.3, 0.4) is 0 Å². The summed E-state index contributed by atoms with van der Waals surface area (Å²) in [6, 6.07) is 8.53. The number of likely N-dealkylation sites (tertiary alicyclic amines) is 1. The number of ether oxygens (including phenoxy) is 1. The van der Waals surface area contributed by atoms with Crippen LogP contribution in [0.25, 0.3) is 0 Å². The molecule has 1 aromatic carbocycles. The Kier molecular flexibility index (Phi) is 6.02.